The lowest BCUT2D eigenvalue weighted by atomic mass is 10.1. The zero-order valence-electron chi connectivity index (χ0n) is 18.0. The number of aryl methyl sites for hydroxylation is 1. The van der Waals surface area contributed by atoms with Gasteiger partial charge in [0.25, 0.3) is 5.91 Å². The van der Waals surface area contributed by atoms with Gasteiger partial charge in [0.1, 0.15) is 17.3 Å². The van der Waals surface area contributed by atoms with Gasteiger partial charge >= 0.3 is 0 Å². The molecule has 0 radical (unpaired) electrons. The lowest BCUT2D eigenvalue weighted by Crippen LogP contribution is -2.40. The fraction of sp³-hybridized carbons (Fsp3) is 0.250. The summed E-state index contributed by atoms with van der Waals surface area (Å²) in [7, 11) is 0. The second kappa shape index (κ2) is 10.6. The van der Waals surface area contributed by atoms with Gasteiger partial charge < -0.3 is 19.5 Å². The molecule has 1 fully saturated rings. The van der Waals surface area contributed by atoms with E-state index in [0.29, 0.717) is 39.1 Å². The van der Waals surface area contributed by atoms with E-state index in [-0.39, 0.29) is 18.3 Å². The van der Waals surface area contributed by atoms with Crippen LogP contribution >= 0.6 is 22.9 Å². The number of nitrogens with one attached hydrogen (secondary N) is 1. The topological polar surface area (TPSA) is 81.7 Å². The molecule has 2 heterocycles. The molecule has 1 saturated heterocycles. The number of carbonyl (C=O) groups is 2. The molecule has 9 heteroatoms. The molecule has 1 amide bonds. The summed E-state index contributed by atoms with van der Waals surface area (Å²) < 4.78 is 17.3. The van der Waals surface area contributed by atoms with Crippen LogP contribution in [0, 0.1) is 6.92 Å². The third kappa shape index (κ3) is 5.89. The maximum atomic E-state index is 12.8. The molecule has 6 nitrogen and oxygen atoms in total. The van der Waals surface area contributed by atoms with Crippen molar-refractivity contribution in [1.29, 1.82) is 0 Å². The molecule has 2 aromatic carbocycles. The van der Waals surface area contributed by atoms with Crippen molar-refractivity contribution >= 4 is 57.2 Å². The largest absolute Gasteiger partial charge is 0.616 e. The van der Waals surface area contributed by atoms with E-state index in [4.69, 9.17) is 16.3 Å². The monoisotopic (exact) mass is 502 g/mol. The first-order valence-corrected chi connectivity index (χ1v) is 13.2. The number of ketones is 1. The highest BCUT2D eigenvalue weighted by Crippen LogP contribution is 2.27. The van der Waals surface area contributed by atoms with E-state index in [9.17, 15) is 14.1 Å². The second-order valence-corrected chi connectivity index (χ2v) is 10.6. The minimum absolute atomic E-state index is 0.206. The van der Waals surface area contributed by atoms with Crippen LogP contribution < -0.4 is 15.0 Å². The summed E-state index contributed by atoms with van der Waals surface area (Å²) >= 11 is 6.78. The molecule has 0 saturated carbocycles. The van der Waals surface area contributed by atoms with Gasteiger partial charge in [-0.15, -0.1) is 0 Å². The van der Waals surface area contributed by atoms with Crippen molar-refractivity contribution in [2.75, 3.05) is 41.4 Å². The molecule has 0 atom stereocenters. The van der Waals surface area contributed by atoms with Crippen LogP contribution in [0.15, 0.2) is 53.2 Å². The van der Waals surface area contributed by atoms with Crippen molar-refractivity contribution in [3.8, 4) is 5.75 Å². The number of ether oxygens (including phenoxy) is 1. The number of carbonyl (C=O) groups excluding carboxylic acids is 2. The van der Waals surface area contributed by atoms with Crippen molar-refractivity contribution in [3.63, 3.8) is 0 Å². The van der Waals surface area contributed by atoms with Crippen LogP contribution in [0.3, 0.4) is 0 Å². The Balaban J connectivity index is 1.39. The van der Waals surface area contributed by atoms with Crippen molar-refractivity contribution in [3.05, 3.63) is 74.9 Å². The number of thiophene rings is 1. The molecule has 1 aromatic heterocycles. The SMILES string of the molecule is Cc1cc(N2CC[S+]([O-])CC2)ccc1NC(=O)COc1ccc(Cl)cc1C(=O)c1ccsc1. The highest BCUT2D eigenvalue weighted by Gasteiger charge is 2.20. The molecule has 33 heavy (non-hydrogen) atoms. The van der Waals surface area contributed by atoms with Crippen molar-refractivity contribution in [2.45, 2.75) is 6.92 Å². The van der Waals surface area contributed by atoms with Gasteiger partial charge in [-0.05, 0) is 60.3 Å². The number of hydrogen-bond acceptors (Lipinski definition) is 6. The highest BCUT2D eigenvalue weighted by atomic mass is 35.5. The summed E-state index contributed by atoms with van der Waals surface area (Å²) in [6.07, 6.45) is 0. The minimum atomic E-state index is -0.726. The van der Waals surface area contributed by atoms with Gasteiger partial charge in [0.15, 0.2) is 12.4 Å². The van der Waals surface area contributed by atoms with Crippen LogP contribution in [-0.2, 0) is 16.0 Å². The lowest BCUT2D eigenvalue weighted by molar-refractivity contribution is -0.118. The fourth-order valence-electron chi connectivity index (χ4n) is 3.57. The number of hydrogen-bond donors (Lipinski definition) is 1. The van der Waals surface area contributed by atoms with Gasteiger partial charge in [0, 0.05) is 27.3 Å². The molecule has 172 valence electrons. The highest BCUT2D eigenvalue weighted by molar-refractivity contribution is 7.91. The average Bonchev–Trinajstić information content (AvgIpc) is 3.34. The number of halogens is 1. The Labute approximate surface area is 204 Å². The summed E-state index contributed by atoms with van der Waals surface area (Å²) in [5, 5.41) is 6.87. The Morgan fingerprint density at radius 3 is 2.67 bits per heavy atom. The predicted octanol–water partition coefficient (Wildman–Crippen LogP) is 4.53. The summed E-state index contributed by atoms with van der Waals surface area (Å²) in [4.78, 5) is 27.5. The first kappa shape index (κ1) is 23.6. The van der Waals surface area contributed by atoms with E-state index >= 15 is 0 Å². The van der Waals surface area contributed by atoms with E-state index in [1.165, 1.54) is 11.3 Å². The smallest absolute Gasteiger partial charge is 0.262 e. The molecular weight excluding hydrogens is 480 g/mol. The third-order valence-electron chi connectivity index (χ3n) is 5.36. The molecule has 4 rings (SSSR count). The molecule has 0 bridgehead atoms. The molecule has 3 aromatic rings. The minimum Gasteiger partial charge on any atom is -0.616 e. The van der Waals surface area contributed by atoms with Crippen LogP contribution in [0.5, 0.6) is 5.75 Å². The molecule has 1 aliphatic rings. The third-order valence-corrected chi connectivity index (χ3v) is 7.55. The van der Waals surface area contributed by atoms with Gasteiger partial charge in [-0.3, -0.25) is 9.59 Å². The van der Waals surface area contributed by atoms with Crippen molar-refractivity contribution in [1.82, 2.24) is 0 Å². The number of amides is 1. The van der Waals surface area contributed by atoms with E-state index in [0.717, 1.165) is 24.3 Å². The number of rotatable bonds is 7. The molecule has 0 unspecified atom stereocenters. The van der Waals surface area contributed by atoms with Gasteiger partial charge in [-0.2, -0.15) is 11.3 Å². The van der Waals surface area contributed by atoms with Crippen LogP contribution in [0.4, 0.5) is 11.4 Å². The quantitative estimate of drug-likeness (QED) is 0.379. The summed E-state index contributed by atoms with van der Waals surface area (Å²) in [5.74, 6) is 1.12. The number of benzene rings is 2. The van der Waals surface area contributed by atoms with E-state index < -0.39 is 11.2 Å². The van der Waals surface area contributed by atoms with Gasteiger partial charge in [-0.25, -0.2) is 0 Å². The number of anilines is 2. The maximum absolute atomic E-state index is 12.8. The van der Waals surface area contributed by atoms with Crippen molar-refractivity contribution < 1.29 is 18.9 Å². The zero-order valence-corrected chi connectivity index (χ0v) is 20.4. The Kier molecular flexibility index (Phi) is 7.60. The van der Waals surface area contributed by atoms with Crippen LogP contribution in [0.1, 0.15) is 21.5 Å². The lowest BCUT2D eigenvalue weighted by Gasteiger charge is -2.30. The molecule has 0 spiro atoms. The standard InChI is InChI=1S/C24H23ClN2O4S2/c1-16-12-19(27-7-10-33(30)11-8-27)3-4-21(16)26-23(28)14-31-22-5-2-18(25)13-20(22)24(29)17-6-9-32-15-17/h2-6,9,12-13,15H,7-8,10-11,14H2,1H3,(H,26,28). The Morgan fingerprint density at radius 2 is 1.97 bits per heavy atom. The summed E-state index contributed by atoms with van der Waals surface area (Å²) in [6, 6.07) is 12.3. The first-order valence-electron chi connectivity index (χ1n) is 10.4. The predicted molar refractivity (Wildman–Crippen MR) is 135 cm³/mol. The fourth-order valence-corrected chi connectivity index (χ4v) is 5.43. The molecule has 1 N–H and O–H groups in total. The van der Waals surface area contributed by atoms with Crippen molar-refractivity contribution in [2.24, 2.45) is 0 Å². The van der Waals surface area contributed by atoms with E-state index in [1.54, 1.807) is 29.6 Å². The Bertz CT molecular complexity index is 1150. The van der Waals surface area contributed by atoms with Gasteiger partial charge in [0.2, 0.25) is 0 Å². The Hall–Kier alpha value is -2.52. The summed E-state index contributed by atoms with van der Waals surface area (Å²) in [5.41, 5.74) is 3.53. The van der Waals surface area contributed by atoms with E-state index in [2.05, 4.69) is 10.2 Å². The Morgan fingerprint density at radius 1 is 1.18 bits per heavy atom. The molecule has 1 aliphatic heterocycles. The van der Waals surface area contributed by atoms with Crippen LogP contribution in [-0.4, -0.2) is 47.4 Å². The molecular formula is C24H23ClN2O4S2. The van der Waals surface area contributed by atoms with Crippen LogP contribution in [0.25, 0.3) is 0 Å². The van der Waals surface area contributed by atoms with E-state index in [1.807, 2.05) is 30.5 Å². The average molecular weight is 503 g/mol. The normalized spacial score (nSPS) is 14.2. The van der Waals surface area contributed by atoms with Gasteiger partial charge in [-0.1, -0.05) is 22.8 Å². The first-order chi connectivity index (χ1) is 15.9. The van der Waals surface area contributed by atoms with Gasteiger partial charge in [0.05, 0.1) is 18.7 Å². The molecule has 0 aliphatic carbocycles. The number of nitrogens with zero attached hydrogens (tertiary/aromatic N) is 1. The zero-order chi connectivity index (χ0) is 23.4. The summed E-state index contributed by atoms with van der Waals surface area (Å²) in [6.45, 7) is 3.21. The second-order valence-electron chi connectivity index (χ2n) is 7.65. The van der Waals surface area contributed by atoms with Crippen LogP contribution in [0.2, 0.25) is 5.02 Å². The maximum Gasteiger partial charge on any atom is 0.262 e.